The van der Waals surface area contributed by atoms with Gasteiger partial charge in [0.25, 0.3) is 5.91 Å². The maximum Gasteiger partial charge on any atom is 0.271 e. The van der Waals surface area contributed by atoms with Gasteiger partial charge in [-0.15, -0.1) is 0 Å². The lowest BCUT2D eigenvalue weighted by molar-refractivity contribution is 0.0957. The Labute approximate surface area is 92.5 Å². The van der Waals surface area contributed by atoms with Crippen LogP contribution in [-0.2, 0) is 0 Å². The second-order valence-corrected chi connectivity index (χ2v) is 3.99. The molecule has 5 heteroatoms. The third-order valence-corrected chi connectivity index (χ3v) is 2.83. The van der Waals surface area contributed by atoms with Crippen molar-refractivity contribution in [3.63, 3.8) is 0 Å². The second-order valence-electron chi connectivity index (χ2n) is 3.99. The van der Waals surface area contributed by atoms with Crippen molar-refractivity contribution in [2.45, 2.75) is 18.8 Å². The molecule has 1 saturated carbocycles. The van der Waals surface area contributed by atoms with E-state index < -0.39 is 0 Å². The van der Waals surface area contributed by atoms with Gasteiger partial charge in [0.2, 0.25) is 0 Å². The van der Waals surface area contributed by atoms with Gasteiger partial charge < -0.3 is 5.32 Å². The quantitative estimate of drug-likeness (QED) is 0.813. The number of nitrogens with zero attached hydrogens (tertiary/aromatic N) is 3. The molecular weight excluding hydrogens is 204 g/mol. The maximum absolute atomic E-state index is 11.7. The molecule has 0 aromatic carbocycles. The molecule has 82 valence electrons. The molecule has 0 spiro atoms. The van der Waals surface area contributed by atoms with Crippen LogP contribution in [0.25, 0.3) is 5.65 Å². The molecule has 1 N–H and O–H groups in total. The summed E-state index contributed by atoms with van der Waals surface area (Å²) in [5, 5.41) is 6.88. The van der Waals surface area contributed by atoms with E-state index in [0.717, 1.165) is 24.2 Å². The summed E-state index contributed by atoms with van der Waals surface area (Å²) in [6.45, 7) is 0. The average molecular weight is 216 g/mol. The minimum Gasteiger partial charge on any atom is -0.354 e. The summed E-state index contributed by atoms with van der Waals surface area (Å²) in [5.41, 5.74) is 2.21. The van der Waals surface area contributed by atoms with Crippen LogP contribution in [0.1, 0.15) is 34.9 Å². The summed E-state index contributed by atoms with van der Waals surface area (Å²) in [6.07, 6.45) is 3.96. The molecule has 2 aromatic heterocycles. The van der Waals surface area contributed by atoms with Crippen LogP contribution < -0.4 is 5.32 Å². The topological polar surface area (TPSA) is 59.3 Å². The molecule has 2 aromatic rings. The normalized spacial score (nSPS) is 15.3. The molecule has 0 radical (unpaired) electrons. The number of hydrogen-bond acceptors (Lipinski definition) is 3. The lowest BCUT2D eigenvalue weighted by atomic mass is 10.2. The molecule has 0 atom stereocenters. The number of carbonyl (C=O) groups is 1. The van der Waals surface area contributed by atoms with Crippen molar-refractivity contribution in [2.75, 3.05) is 7.05 Å². The van der Waals surface area contributed by atoms with Crippen molar-refractivity contribution < 1.29 is 4.79 Å². The van der Waals surface area contributed by atoms with Crippen LogP contribution in [0.2, 0.25) is 0 Å². The highest BCUT2D eigenvalue weighted by molar-refractivity contribution is 5.94. The molecule has 1 amide bonds. The monoisotopic (exact) mass is 216 g/mol. The minimum absolute atomic E-state index is 0.132. The Bertz CT molecular complexity index is 556. The molecule has 1 aliphatic rings. The first-order valence-corrected chi connectivity index (χ1v) is 5.37. The average Bonchev–Trinajstić information content (AvgIpc) is 3.08. The zero-order valence-electron chi connectivity index (χ0n) is 8.97. The molecule has 0 bridgehead atoms. The fourth-order valence-corrected chi connectivity index (χ4v) is 1.91. The molecule has 0 unspecified atom stereocenters. The van der Waals surface area contributed by atoms with Crippen molar-refractivity contribution in [1.29, 1.82) is 0 Å². The molecule has 0 saturated heterocycles. The van der Waals surface area contributed by atoms with E-state index in [0.29, 0.717) is 11.6 Å². The first-order valence-electron chi connectivity index (χ1n) is 5.37. The third-order valence-electron chi connectivity index (χ3n) is 2.83. The number of fused-ring (bicyclic) bond motifs is 1. The largest absolute Gasteiger partial charge is 0.354 e. The summed E-state index contributed by atoms with van der Waals surface area (Å²) >= 11 is 0. The Hall–Kier alpha value is -1.91. The van der Waals surface area contributed by atoms with Gasteiger partial charge in [0.05, 0.1) is 5.69 Å². The molecule has 3 rings (SSSR count). The summed E-state index contributed by atoms with van der Waals surface area (Å²) < 4.78 is 1.78. The first-order chi connectivity index (χ1) is 7.81. The van der Waals surface area contributed by atoms with E-state index in [1.165, 1.54) is 0 Å². The van der Waals surface area contributed by atoms with E-state index in [1.807, 2.05) is 12.1 Å². The third kappa shape index (κ3) is 1.28. The second kappa shape index (κ2) is 3.30. The van der Waals surface area contributed by atoms with E-state index in [1.54, 1.807) is 17.8 Å². The Morgan fingerprint density at radius 3 is 3.06 bits per heavy atom. The number of carbonyl (C=O) groups excluding carboxylic acids is 1. The van der Waals surface area contributed by atoms with Gasteiger partial charge in [-0.3, -0.25) is 4.79 Å². The number of hydrogen-bond donors (Lipinski definition) is 1. The Morgan fingerprint density at radius 2 is 2.38 bits per heavy atom. The lowest BCUT2D eigenvalue weighted by Crippen LogP contribution is -2.20. The standard InChI is InChI=1S/C11H12N4O/c1-12-11(16)9-10(7-4-5-7)15-8(14-9)3-2-6-13-15/h2-3,6-7H,4-5H2,1H3,(H,12,16). The Balaban J connectivity index is 2.26. The first kappa shape index (κ1) is 9.33. The van der Waals surface area contributed by atoms with Crippen LogP contribution in [0.5, 0.6) is 0 Å². The number of rotatable bonds is 2. The van der Waals surface area contributed by atoms with Gasteiger partial charge in [0.15, 0.2) is 11.3 Å². The molecule has 1 fully saturated rings. The highest BCUT2D eigenvalue weighted by Crippen LogP contribution is 2.41. The summed E-state index contributed by atoms with van der Waals surface area (Å²) in [7, 11) is 1.62. The maximum atomic E-state index is 11.7. The molecule has 5 nitrogen and oxygen atoms in total. The predicted molar refractivity (Wildman–Crippen MR) is 58.4 cm³/mol. The van der Waals surface area contributed by atoms with Gasteiger partial charge in [-0.05, 0) is 25.0 Å². The molecular formula is C11H12N4O. The number of aromatic nitrogens is 3. The number of amides is 1. The summed E-state index contributed by atoms with van der Waals surface area (Å²) in [4.78, 5) is 16.1. The zero-order chi connectivity index (χ0) is 11.1. The van der Waals surface area contributed by atoms with Gasteiger partial charge in [-0.2, -0.15) is 5.10 Å². The summed E-state index contributed by atoms with van der Waals surface area (Å²) in [6, 6.07) is 3.69. The van der Waals surface area contributed by atoms with Gasteiger partial charge in [-0.1, -0.05) is 0 Å². The van der Waals surface area contributed by atoms with Crippen LogP contribution in [0, 0.1) is 0 Å². The van der Waals surface area contributed by atoms with Crippen LogP contribution in [-0.4, -0.2) is 27.6 Å². The van der Waals surface area contributed by atoms with Gasteiger partial charge in [-0.25, -0.2) is 9.50 Å². The number of nitrogens with one attached hydrogen (secondary N) is 1. The van der Waals surface area contributed by atoms with Gasteiger partial charge in [0.1, 0.15) is 0 Å². The molecule has 2 heterocycles. The molecule has 0 aliphatic heterocycles. The minimum atomic E-state index is -0.132. The molecule has 1 aliphatic carbocycles. The zero-order valence-corrected chi connectivity index (χ0v) is 8.97. The van der Waals surface area contributed by atoms with Crippen LogP contribution in [0.3, 0.4) is 0 Å². The van der Waals surface area contributed by atoms with E-state index >= 15 is 0 Å². The Kier molecular flexibility index (Phi) is 1.92. The number of imidazole rings is 1. The van der Waals surface area contributed by atoms with Crippen LogP contribution in [0.4, 0.5) is 0 Å². The van der Waals surface area contributed by atoms with Crippen molar-refractivity contribution >= 4 is 11.6 Å². The van der Waals surface area contributed by atoms with Crippen LogP contribution in [0.15, 0.2) is 18.3 Å². The van der Waals surface area contributed by atoms with Crippen molar-refractivity contribution in [2.24, 2.45) is 0 Å². The van der Waals surface area contributed by atoms with Gasteiger partial charge in [0, 0.05) is 19.2 Å². The highest BCUT2D eigenvalue weighted by Gasteiger charge is 2.32. The van der Waals surface area contributed by atoms with Gasteiger partial charge >= 0.3 is 0 Å². The van der Waals surface area contributed by atoms with E-state index in [9.17, 15) is 4.79 Å². The van der Waals surface area contributed by atoms with E-state index in [2.05, 4.69) is 15.4 Å². The lowest BCUT2D eigenvalue weighted by Gasteiger charge is -2.00. The predicted octanol–water partition coefficient (Wildman–Crippen LogP) is 0.966. The van der Waals surface area contributed by atoms with Crippen molar-refractivity contribution in [1.82, 2.24) is 19.9 Å². The Morgan fingerprint density at radius 1 is 1.56 bits per heavy atom. The van der Waals surface area contributed by atoms with E-state index in [-0.39, 0.29) is 5.91 Å². The van der Waals surface area contributed by atoms with Crippen molar-refractivity contribution in [3.8, 4) is 0 Å². The fraction of sp³-hybridized carbons (Fsp3) is 0.364. The smallest absolute Gasteiger partial charge is 0.271 e. The van der Waals surface area contributed by atoms with Crippen LogP contribution >= 0.6 is 0 Å². The fourth-order valence-electron chi connectivity index (χ4n) is 1.91. The van der Waals surface area contributed by atoms with E-state index in [4.69, 9.17) is 0 Å². The molecule has 16 heavy (non-hydrogen) atoms. The SMILES string of the molecule is CNC(=O)c1nc2cccnn2c1C1CC1. The van der Waals surface area contributed by atoms with Crippen molar-refractivity contribution in [3.05, 3.63) is 29.7 Å². The highest BCUT2D eigenvalue weighted by atomic mass is 16.1. The summed E-state index contributed by atoms with van der Waals surface area (Å²) in [5.74, 6) is 0.310.